The summed E-state index contributed by atoms with van der Waals surface area (Å²) >= 11 is 0. The molecule has 6 heteroatoms. The van der Waals surface area contributed by atoms with Crippen LogP contribution in [0.4, 0.5) is 5.69 Å². The molecule has 136 valence electrons. The number of benzene rings is 2. The molecule has 3 N–H and O–H groups in total. The van der Waals surface area contributed by atoms with Crippen LogP contribution in [0.5, 0.6) is 11.5 Å². The second kappa shape index (κ2) is 10.8. The van der Waals surface area contributed by atoms with Gasteiger partial charge in [0.1, 0.15) is 11.5 Å². The summed E-state index contributed by atoms with van der Waals surface area (Å²) in [5.74, 6) is 2.46. The molecule has 0 aromatic heterocycles. The van der Waals surface area contributed by atoms with Crippen molar-refractivity contribution in [2.45, 2.75) is 19.3 Å². The molecule has 0 saturated carbocycles. The maximum atomic E-state index is 5.94. The van der Waals surface area contributed by atoms with E-state index in [0.717, 1.165) is 23.6 Å². The lowest BCUT2D eigenvalue weighted by Gasteiger charge is -2.12. The Morgan fingerprint density at radius 3 is 2.40 bits per heavy atom. The summed E-state index contributed by atoms with van der Waals surface area (Å²) in [5, 5.41) is 3.08. The Labute approximate surface area is 166 Å². The number of rotatable bonds is 7. The first-order chi connectivity index (χ1) is 11.6. The first-order valence-corrected chi connectivity index (χ1v) is 7.97. The van der Waals surface area contributed by atoms with Crippen LogP contribution in [0.2, 0.25) is 0 Å². The van der Waals surface area contributed by atoms with Gasteiger partial charge in [0.2, 0.25) is 0 Å². The number of nitrogens with two attached hydrogens (primary N) is 1. The van der Waals surface area contributed by atoms with E-state index in [1.165, 1.54) is 5.56 Å². The predicted octanol–water partition coefficient (Wildman–Crippen LogP) is 4.24. The molecule has 0 saturated heterocycles. The van der Waals surface area contributed by atoms with Crippen LogP contribution in [0.15, 0.2) is 53.5 Å². The molecule has 0 heterocycles. The zero-order valence-electron chi connectivity index (χ0n) is 14.9. The van der Waals surface area contributed by atoms with Crippen molar-refractivity contribution in [1.82, 2.24) is 0 Å². The Bertz CT molecular complexity index is 675. The third kappa shape index (κ3) is 6.81. The minimum absolute atomic E-state index is 0. The Hall–Kier alpha value is -1.96. The fraction of sp³-hybridized carbons (Fsp3) is 0.316. The van der Waals surface area contributed by atoms with Crippen molar-refractivity contribution in [2.24, 2.45) is 10.7 Å². The van der Waals surface area contributed by atoms with Crippen LogP contribution in [0.1, 0.15) is 24.8 Å². The average Bonchev–Trinajstić information content (AvgIpc) is 2.61. The molecular formula is C19H26IN3O2. The number of halogens is 1. The number of anilines is 1. The predicted molar refractivity (Wildman–Crippen MR) is 115 cm³/mol. The molecule has 2 rings (SSSR count). The summed E-state index contributed by atoms with van der Waals surface area (Å²) in [6.45, 7) is 2.85. The van der Waals surface area contributed by atoms with Gasteiger partial charge in [0, 0.05) is 18.3 Å². The number of methoxy groups -OCH3 is 2. The number of guanidine groups is 1. The largest absolute Gasteiger partial charge is 0.497 e. The van der Waals surface area contributed by atoms with Crippen LogP contribution in [-0.4, -0.2) is 26.7 Å². The monoisotopic (exact) mass is 455 g/mol. The van der Waals surface area contributed by atoms with Crippen molar-refractivity contribution in [3.63, 3.8) is 0 Å². The van der Waals surface area contributed by atoms with Crippen LogP contribution in [0.25, 0.3) is 0 Å². The molecule has 0 bridgehead atoms. The Kier molecular flexibility index (Phi) is 9.12. The highest BCUT2D eigenvalue weighted by Gasteiger charge is 2.05. The highest BCUT2D eigenvalue weighted by molar-refractivity contribution is 14.0. The van der Waals surface area contributed by atoms with Crippen molar-refractivity contribution in [2.75, 3.05) is 26.1 Å². The van der Waals surface area contributed by atoms with Crippen molar-refractivity contribution >= 4 is 35.6 Å². The van der Waals surface area contributed by atoms with Gasteiger partial charge in [-0.3, -0.25) is 4.99 Å². The quantitative estimate of drug-likeness (QED) is 0.372. The summed E-state index contributed by atoms with van der Waals surface area (Å²) in [4.78, 5) is 4.39. The maximum absolute atomic E-state index is 5.94. The molecule has 1 atom stereocenters. The fourth-order valence-electron chi connectivity index (χ4n) is 2.37. The number of aliphatic imine (C=N–C) groups is 1. The topological polar surface area (TPSA) is 68.9 Å². The molecular weight excluding hydrogens is 429 g/mol. The molecule has 0 spiro atoms. The van der Waals surface area contributed by atoms with Gasteiger partial charge in [-0.15, -0.1) is 24.0 Å². The van der Waals surface area contributed by atoms with Gasteiger partial charge in [-0.25, -0.2) is 0 Å². The van der Waals surface area contributed by atoms with Crippen LogP contribution >= 0.6 is 24.0 Å². The highest BCUT2D eigenvalue weighted by Crippen LogP contribution is 2.22. The Morgan fingerprint density at radius 2 is 1.76 bits per heavy atom. The van der Waals surface area contributed by atoms with Crippen molar-refractivity contribution in [3.05, 3.63) is 54.1 Å². The molecule has 2 aromatic rings. The van der Waals surface area contributed by atoms with E-state index in [-0.39, 0.29) is 24.0 Å². The molecule has 2 aromatic carbocycles. The summed E-state index contributed by atoms with van der Waals surface area (Å²) in [6.07, 6.45) is 0.923. The lowest BCUT2D eigenvalue weighted by atomic mass is 9.98. The van der Waals surface area contributed by atoms with E-state index in [4.69, 9.17) is 15.2 Å². The highest BCUT2D eigenvalue weighted by atomic mass is 127. The van der Waals surface area contributed by atoms with Gasteiger partial charge in [0.25, 0.3) is 0 Å². The molecule has 1 unspecified atom stereocenters. The van der Waals surface area contributed by atoms with E-state index < -0.39 is 0 Å². The van der Waals surface area contributed by atoms with Gasteiger partial charge >= 0.3 is 0 Å². The van der Waals surface area contributed by atoms with Gasteiger partial charge in [-0.2, -0.15) is 0 Å². The summed E-state index contributed by atoms with van der Waals surface area (Å²) in [6, 6.07) is 15.7. The van der Waals surface area contributed by atoms with E-state index in [0.29, 0.717) is 18.4 Å². The smallest absolute Gasteiger partial charge is 0.193 e. The van der Waals surface area contributed by atoms with Crippen LogP contribution in [0.3, 0.4) is 0 Å². The molecule has 0 fully saturated rings. The van der Waals surface area contributed by atoms with E-state index in [9.17, 15) is 0 Å². The van der Waals surface area contributed by atoms with E-state index in [2.05, 4.69) is 29.4 Å². The lowest BCUT2D eigenvalue weighted by Crippen LogP contribution is -2.23. The number of hydrogen-bond acceptors (Lipinski definition) is 3. The van der Waals surface area contributed by atoms with Crippen LogP contribution in [0, 0.1) is 0 Å². The Morgan fingerprint density at radius 1 is 1.08 bits per heavy atom. The minimum Gasteiger partial charge on any atom is -0.497 e. The Balaban J connectivity index is 0.00000312. The molecule has 0 aliphatic rings. The molecule has 0 amide bonds. The van der Waals surface area contributed by atoms with Crippen molar-refractivity contribution < 1.29 is 9.47 Å². The second-order valence-corrected chi connectivity index (χ2v) is 5.59. The number of ether oxygens (including phenoxy) is 2. The minimum atomic E-state index is 0. The second-order valence-electron chi connectivity index (χ2n) is 5.59. The van der Waals surface area contributed by atoms with Gasteiger partial charge in [-0.1, -0.05) is 25.1 Å². The fourth-order valence-corrected chi connectivity index (χ4v) is 2.37. The third-order valence-corrected chi connectivity index (χ3v) is 3.87. The SMILES string of the molecule is COc1ccc(C(C)CCN=C(N)Nc2cccc(OC)c2)cc1.I. The van der Waals surface area contributed by atoms with Crippen molar-refractivity contribution in [3.8, 4) is 11.5 Å². The zero-order chi connectivity index (χ0) is 17.4. The number of nitrogens with zero attached hydrogens (tertiary/aromatic N) is 1. The maximum Gasteiger partial charge on any atom is 0.193 e. The summed E-state index contributed by atoms with van der Waals surface area (Å²) in [5.41, 5.74) is 8.07. The average molecular weight is 455 g/mol. The first kappa shape index (κ1) is 21.1. The molecule has 0 radical (unpaired) electrons. The molecule has 25 heavy (non-hydrogen) atoms. The molecule has 0 aliphatic carbocycles. The summed E-state index contributed by atoms with van der Waals surface area (Å²) < 4.78 is 10.4. The van der Waals surface area contributed by atoms with Crippen molar-refractivity contribution in [1.29, 1.82) is 0 Å². The van der Waals surface area contributed by atoms with Gasteiger partial charge in [-0.05, 0) is 42.2 Å². The zero-order valence-corrected chi connectivity index (χ0v) is 17.2. The van der Waals surface area contributed by atoms with Gasteiger partial charge in [0.05, 0.1) is 14.2 Å². The van der Waals surface area contributed by atoms with Crippen LogP contribution < -0.4 is 20.5 Å². The number of hydrogen-bond donors (Lipinski definition) is 2. The van der Waals surface area contributed by atoms with E-state index in [1.54, 1.807) is 14.2 Å². The first-order valence-electron chi connectivity index (χ1n) is 7.97. The molecule has 0 aliphatic heterocycles. The van der Waals surface area contributed by atoms with Gasteiger partial charge < -0.3 is 20.5 Å². The summed E-state index contributed by atoms with van der Waals surface area (Å²) in [7, 11) is 3.31. The van der Waals surface area contributed by atoms with Crippen LogP contribution in [-0.2, 0) is 0 Å². The van der Waals surface area contributed by atoms with E-state index in [1.807, 2.05) is 36.4 Å². The third-order valence-electron chi connectivity index (χ3n) is 3.87. The molecule has 5 nitrogen and oxygen atoms in total. The standard InChI is InChI=1S/C19H25N3O2.HI/c1-14(15-7-9-17(23-2)10-8-15)11-12-21-19(20)22-16-5-4-6-18(13-16)24-3;/h4-10,13-14H,11-12H2,1-3H3,(H3,20,21,22);1H. The van der Waals surface area contributed by atoms with Gasteiger partial charge in [0.15, 0.2) is 5.96 Å². The lowest BCUT2D eigenvalue weighted by molar-refractivity contribution is 0.414. The normalized spacial score (nSPS) is 12.0. The van der Waals surface area contributed by atoms with E-state index >= 15 is 0 Å². The number of nitrogens with one attached hydrogen (secondary N) is 1.